The minimum Gasteiger partial charge on any atom is -0.487 e. The Balaban J connectivity index is 1.79. The molecule has 0 aliphatic heterocycles. The van der Waals surface area contributed by atoms with Gasteiger partial charge in [0, 0.05) is 24.4 Å². The molecule has 0 unspecified atom stereocenters. The number of sulfone groups is 1. The normalized spacial score (nSPS) is 13.2. The Bertz CT molecular complexity index is 1370. The largest absolute Gasteiger partial charge is 0.487 e. The summed E-state index contributed by atoms with van der Waals surface area (Å²) in [6, 6.07) is 15.5. The lowest BCUT2D eigenvalue weighted by Gasteiger charge is -2.38. The van der Waals surface area contributed by atoms with Crippen molar-refractivity contribution >= 4 is 24.1 Å². The van der Waals surface area contributed by atoms with Gasteiger partial charge in [-0.2, -0.15) is 0 Å². The van der Waals surface area contributed by atoms with E-state index in [0.29, 0.717) is 22.8 Å². The van der Waals surface area contributed by atoms with Crippen LogP contribution in [0.2, 0.25) is 18.1 Å². The van der Waals surface area contributed by atoms with Crippen molar-refractivity contribution < 1.29 is 27.5 Å². The van der Waals surface area contributed by atoms with E-state index in [1.807, 2.05) is 31.3 Å². The van der Waals surface area contributed by atoms with Gasteiger partial charge in [-0.15, -0.1) is 0 Å². The zero-order chi connectivity index (χ0) is 27.4. The van der Waals surface area contributed by atoms with Gasteiger partial charge in [-0.05, 0) is 48.0 Å². The van der Waals surface area contributed by atoms with Crippen LogP contribution in [-0.2, 0) is 32.1 Å². The fourth-order valence-electron chi connectivity index (χ4n) is 3.36. The van der Waals surface area contributed by atoms with Crippen molar-refractivity contribution in [1.29, 1.82) is 0 Å². The molecule has 0 bridgehead atoms. The Morgan fingerprint density at radius 3 is 2.43 bits per heavy atom. The van der Waals surface area contributed by atoms with Gasteiger partial charge in [0.05, 0.1) is 10.6 Å². The van der Waals surface area contributed by atoms with Crippen molar-refractivity contribution in [2.24, 2.45) is 0 Å². The Morgan fingerprint density at radius 1 is 1.08 bits per heavy atom. The van der Waals surface area contributed by atoms with Gasteiger partial charge in [0.25, 0.3) is 0 Å². The molecule has 0 spiro atoms. The lowest BCUT2D eigenvalue weighted by molar-refractivity contribution is -0.145. The molecule has 3 aromatic rings. The quantitative estimate of drug-likeness (QED) is 0.350. The minimum absolute atomic E-state index is 0.123. The van der Waals surface area contributed by atoms with E-state index in [1.54, 1.807) is 36.5 Å². The molecule has 0 aliphatic carbocycles. The number of benzene rings is 2. The van der Waals surface area contributed by atoms with Crippen LogP contribution >= 0.6 is 0 Å². The predicted molar refractivity (Wildman–Crippen MR) is 145 cm³/mol. The zero-order valence-corrected chi connectivity index (χ0v) is 23.9. The summed E-state index contributed by atoms with van der Waals surface area (Å²) in [6.45, 7) is 10.4. The molecule has 10 heteroatoms. The van der Waals surface area contributed by atoms with Crippen molar-refractivity contribution in [2.45, 2.75) is 62.9 Å². The second kappa shape index (κ2) is 11.1. The topological polar surface area (TPSA) is 116 Å². The van der Waals surface area contributed by atoms with Gasteiger partial charge in [0.15, 0.2) is 24.0 Å². The highest BCUT2D eigenvalue weighted by molar-refractivity contribution is 7.90. The fourth-order valence-corrected chi connectivity index (χ4v) is 5.27. The summed E-state index contributed by atoms with van der Waals surface area (Å²) in [5, 5.41) is 9.75. The van der Waals surface area contributed by atoms with Gasteiger partial charge in [0.1, 0.15) is 18.5 Å². The molecule has 8 nitrogen and oxygen atoms in total. The highest BCUT2D eigenvalue weighted by Gasteiger charge is 2.41. The van der Waals surface area contributed by atoms with Crippen molar-refractivity contribution in [3.63, 3.8) is 0 Å². The number of aromatic nitrogens is 2. The molecule has 0 fully saturated rings. The average molecular weight is 543 g/mol. The van der Waals surface area contributed by atoms with E-state index >= 15 is 0 Å². The maximum atomic E-state index is 12.1. The van der Waals surface area contributed by atoms with Crippen LogP contribution in [0.4, 0.5) is 0 Å². The van der Waals surface area contributed by atoms with E-state index in [0.717, 1.165) is 11.8 Å². The second-order valence-corrected chi connectivity index (χ2v) is 17.2. The van der Waals surface area contributed by atoms with E-state index in [-0.39, 0.29) is 23.0 Å². The van der Waals surface area contributed by atoms with Gasteiger partial charge >= 0.3 is 5.97 Å². The summed E-state index contributed by atoms with van der Waals surface area (Å²) in [6.07, 6.45) is 1.93. The van der Waals surface area contributed by atoms with Crippen LogP contribution in [0.15, 0.2) is 65.7 Å². The van der Waals surface area contributed by atoms with Crippen LogP contribution in [-0.4, -0.2) is 50.1 Å². The van der Waals surface area contributed by atoms with Crippen LogP contribution < -0.4 is 4.74 Å². The summed E-state index contributed by atoms with van der Waals surface area (Å²) < 4.78 is 36.1. The number of carboxylic acid groups (broad SMARTS) is 1. The molecule has 1 atom stereocenters. The lowest BCUT2D eigenvalue weighted by atomic mass is 10.1. The number of carboxylic acids is 1. The standard InChI is InChI=1S/C27H34N2O6SSi/c1-27(2,3)37(5,6)35-24(26(30)31)17-19-10-7-8-13-23(19)34-18-21-14-15-28-25(29-21)20-11-9-12-22(16-20)36(4,32)33/h7-16,24H,17-18H2,1-6H3,(H,30,31)/t24-/m0/s1. The molecular weight excluding hydrogens is 508 g/mol. The Kier molecular flexibility index (Phi) is 8.56. The van der Waals surface area contributed by atoms with Crippen LogP contribution in [0.5, 0.6) is 5.75 Å². The number of para-hydroxylation sites is 1. The second-order valence-electron chi connectivity index (χ2n) is 10.5. The summed E-state index contributed by atoms with van der Waals surface area (Å²) >= 11 is 0. The SMILES string of the molecule is CC(C)(C)[Si](C)(C)O[C@@H](Cc1ccccc1OCc1ccnc(-c2cccc(S(C)(=O)=O)c2)n1)C(=O)O. The first kappa shape index (κ1) is 28.5. The number of carbonyl (C=O) groups is 1. The highest BCUT2D eigenvalue weighted by Crippen LogP contribution is 2.38. The molecule has 0 radical (unpaired) electrons. The lowest BCUT2D eigenvalue weighted by Crippen LogP contribution is -2.46. The van der Waals surface area contributed by atoms with Crippen molar-refractivity contribution in [3.8, 4) is 17.1 Å². The highest BCUT2D eigenvalue weighted by atomic mass is 32.2. The monoisotopic (exact) mass is 542 g/mol. The molecule has 3 rings (SSSR count). The fraction of sp³-hybridized carbons (Fsp3) is 0.370. The number of hydrogen-bond acceptors (Lipinski definition) is 7. The molecule has 37 heavy (non-hydrogen) atoms. The number of aliphatic carboxylic acids is 1. The summed E-state index contributed by atoms with van der Waals surface area (Å²) in [4.78, 5) is 21.1. The maximum absolute atomic E-state index is 12.1. The Hall–Kier alpha value is -3.08. The van der Waals surface area contributed by atoms with Crippen LogP contribution in [0, 0.1) is 0 Å². The third kappa shape index (κ3) is 7.47. The Labute approximate surface area is 219 Å². The minimum atomic E-state index is -3.36. The van der Waals surface area contributed by atoms with Crippen LogP contribution in [0.1, 0.15) is 32.0 Å². The molecule has 0 aliphatic rings. The van der Waals surface area contributed by atoms with E-state index in [1.165, 1.54) is 6.07 Å². The predicted octanol–water partition coefficient (Wildman–Crippen LogP) is 5.14. The Morgan fingerprint density at radius 2 is 1.78 bits per heavy atom. The third-order valence-corrected chi connectivity index (χ3v) is 12.1. The molecule has 1 N–H and O–H groups in total. The summed E-state index contributed by atoms with van der Waals surface area (Å²) in [5.41, 5.74) is 1.90. The first-order valence-electron chi connectivity index (χ1n) is 11.9. The summed E-state index contributed by atoms with van der Waals surface area (Å²) in [5.74, 6) is -0.0724. The van der Waals surface area contributed by atoms with Crippen molar-refractivity contribution in [3.05, 3.63) is 72.1 Å². The molecule has 1 heterocycles. The van der Waals surface area contributed by atoms with Crippen LogP contribution in [0.25, 0.3) is 11.4 Å². The maximum Gasteiger partial charge on any atom is 0.331 e. The first-order valence-corrected chi connectivity index (χ1v) is 16.7. The van der Waals surface area contributed by atoms with Gasteiger partial charge < -0.3 is 14.3 Å². The van der Waals surface area contributed by atoms with E-state index < -0.39 is 30.2 Å². The molecule has 1 aromatic heterocycles. The van der Waals surface area contributed by atoms with Gasteiger partial charge in [-0.25, -0.2) is 23.2 Å². The van der Waals surface area contributed by atoms with E-state index in [2.05, 4.69) is 30.7 Å². The molecule has 2 aromatic carbocycles. The molecule has 0 amide bonds. The van der Waals surface area contributed by atoms with E-state index in [9.17, 15) is 18.3 Å². The van der Waals surface area contributed by atoms with Crippen molar-refractivity contribution in [1.82, 2.24) is 9.97 Å². The average Bonchev–Trinajstić information content (AvgIpc) is 2.82. The van der Waals surface area contributed by atoms with Crippen LogP contribution in [0.3, 0.4) is 0 Å². The molecular formula is C27H34N2O6SSi. The van der Waals surface area contributed by atoms with Gasteiger partial charge in [-0.3, -0.25) is 0 Å². The zero-order valence-electron chi connectivity index (χ0n) is 22.1. The molecule has 0 saturated carbocycles. The number of ether oxygens (including phenoxy) is 1. The number of nitrogens with zero attached hydrogens (tertiary/aromatic N) is 2. The van der Waals surface area contributed by atoms with Crippen molar-refractivity contribution in [2.75, 3.05) is 6.26 Å². The first-order chi connectivity index (χ1) is 17.2. The molecule has 0 saturated heterocycles. The van der Waals surface area contributed by atoms with E-state index in [4.69, 9.17) is 9.16 Å². The van der Waals surface area contributed by atoms with Gasteiger partial charge in [-0.1, -0.05) is 51.1 Å². The smallest absolute Gasteiger partial charge is 0.331 e. The summed E-state index contributed by atoms with van der Waals surface area (Å²) in [7, 11) is -5.66. The van der Waals surface area contributed by atoms with Gasteiger partial charge in [0.2, 0.25) is 0 Å². The third-order valence-electron chi connectivity index (χ3n) is 6.51. The number of hydrogen-bond donors (Lipinski definition) is 1. The molecule has 198 valence electrons. The number of rotatable bonds is 10.